The largest absolute Gasteiger partial charge is 0.481 e. The molecule has 0 aromatic rings. The van der Waals surface area contributed by atoms with Gasteiger partial charge in [-0.25, -0.2) is 0 Å². The molecule has 2 saturated carbocycles. The molecule has 2 aliphatic carbocycles. The lowest BCUT2D eigenvalue weighted by Gasteiger charge is -2.40. The van der Waals surface area contributed by atoms with E-state index in [1.807, 2.05) is 0 Å². The highest BCUT2D eigenvalue weighted by molar-refractivity contribution is 5.67. The van der Waals surface area contributed by atoms with Gasteiger partial charge in [-0.05, 0) is 60.2 Å². The van der Waals surface area contributed by atoms with Crippen LogP contribution in [-0.4, -0.2) is 22.2 Å². The molecule has 2 rings (SSSR count). The van der Waals surface area contributed by atoms with Crippen molar-refractivity contribution in [2.45, 2.75) is 106 Å². The topological polar surface area (TPSA) is 74.6 Å². The molecule has 0 amide bonds. The third-order valence-electron chi connectivity index (χ3n) is 6.92. The van der Waals surface area contributed by atoms with Crippen molar-refractivity contribution >= 4 is 11.9 Å². The smallest absolute Gasteiger partial charge is 0.303 e. The van der Waals surface area contributed by atoms with E-state index in [2.05, 4.69) is 41.5 Å². The zero-order valence-corrected chi connectivity index (χ0v) is 19.1. The fourth-order valence-corrected chi connectivity index (χ4v) is 5.63. The Morgan fingerprint density at radius 1 is 0.643 bits per heavy atom. The summed E-state index contributed by atoms with van der Waals surface area (Å²) < 4.78 is 0. The minimum absolute atomic E-state index is 0.264. The normalized spacial score (nSPS) is 28.8. The van der Waals surface area contributed by atoms with Crippen LogP contribution in [0.1, 0.15) is 106 Å². The summed E-state index contributed by atoms with van der Waals surface area (Å²) in [6, 6.07) is 0. The summed E-state index contributed by atoms with van der Waals surface area (Å²) in [6.45, 7) is 13.4. The van der Waals surface area contributed by atoms with Crippen molar-refractivity contribution in [1.29, 1.82) is 0 Å². The van der Waals surface area contributed by atoms with Gasteiger partial charge in [0, 0.05) is 12.8 Å². The quantitative estimate of drug-likeness (QED) is 0.559. The Hall–Kier alpha value is -1.06. The summed E-state index contributed by atoms with van der Waals surface area (Å²) in [7, 11) is 0. The molecule has 0 radical (unpaired) electrons. The van der Waals surface area contributed by atoms with Crippen LogP contribution in [-0.2, 0) is 9.59 Å². The van der Waals surface area contributed by atoms with Crippen molar-refractivity contribution in [1.82, 2.24) is 0 Å². The molecule has 0 aliphatic heterocycles. The summed E-state index contributed by atoms with van der Waals surface area (Å²) >= 11 is 0. The SMILES string of the molecule is CC(C)(C)C1CCCCC1CC(=O)O.CC(C)(C)C1CCCCC1CC(=O)O. The lowest BCUT2D eigenvalue weighted by Crippen LogP contribution is -2.32. The number of hydrogen-bond acceptors (Lipinski definition) is 2. The van der Waals surface area contributed by atoms with E-state index in [0.717, 1.165) is 12.8 Å². The Balaban J connectivity index is 0.000000280. The summed E-state index contributed by atoms with van der Waals surface area (Å²) in [5, 5.41) is 17.7. The number of rotatable bonds is 4. The van der Waals surface area contributed by atoms with Crippen LogP contribution in [0.2, 0.25) is 0 Å². The van der Waals surface area contributed by atoms with Gasteiger partial charge in [-0.3, -0.25) is 9.59 Å². The summed E-state index contributed by atoms with van der Waals surface area (Å²) in [5.41, 5.74) is 0.529. The fraction of sp³-hybridized carbons (Fsp3) is 0.917. The van der Waals surface area contributed by atoms with Crippen molar-refractivity contribution in [3.8, 4) is 0 Å². The fourth-order valence-electron chi connectivity index (χ4n) is 5.63. The monoisotopic (exact) mass is 396 g/mol. The molecule has 4 atom stereocenters. The van der Waals surface area contributed by atoms with E-state index in [0.29, 0.717) is 36.5 Å². The molecule has 2 aliphatic rings. The molecule has 2 N–H and O–H groups in total. The van der Waals surface area contributed by atoms with E-state index in [-0.39, 0.29) is 10.8 Å². The summed E-state index contributed by atoms with van der Waals surface area (Å²) in [5.74, 6) is 0.722. The van der Waals surface area contributed by atoms with Crippen LogP contribution in [0.4, 0.5) is 0 Å². The van der Waals surface area contributed by atoms with Gasteiger partial charge in [0.05, 0.1) is 0 Å². The second-order valence-electron chi connectivity index (χ2n) is 11.2. The van der Waals surface area contributed by atoms with Crippen molar-refractivity contribution < 1.29 is 19.8 Å². The van der Waals surface area contributed by atoms with Crippen LogP contribution in [0, 0.1) is 34.5 Å². The summed E-state index contributed by atoms with van der Waals surface area (Å²) in [4.78, 5) is 21.5. The van der Waals surface area contributed by atoms with E-state index in [9.17, 15) is 9.59 Å². The highest BCUT2D eigenvalue weighted by atomic mass is 16.4. The van der Waals surface area contributed by atoms with Crippen LogP contribution in [0.15, 0.2) is 0 Å². The molecule has 28 heavy (non-hydrogen) atoms. The predicted molar refractivity (Wildman–Crippen MR) is 114 cm³/mol. The molecular weight excluding hydrogens is 352 g/mol. The lowest BCUT2D eigenvalue weighted by atomic mass is 9.65. The van der Waals surface area contributed by atoms with Crippen LogP contribution < -0.4 is 0 Å². The molecule has 4 unspecified atom stereocenters. The number of carboxylic acids is 2. The van der Waals surface area contributed by atoms with Gasteiger partial charge < -0.3 is 10.2 Å². The molecule has 0 aromatic heterocycles. The van der Waals surface area contributed by atoms with Crippen LogP contribution in [0.5, 0.6) is 0 Å². The maximum atomic E-state index is 10.7. The molecule has 2 fully saturated rings. The molecule has 0 saturated heterocycles. The minimum Gasteiger partial charge on any atom is -0.481 e. The number of carbonyl (C=O) groups is 2. The maximum Gasteiger partial charge on any atom is 0.303 e. The Morgan fingerprint density at radius 3 is 1.18 bits per heavy atom. The second-order valence-corrected chi connectivity index (χ2v) is 11.2. The Kier molecular flexibility index (Phi) is 9.49. The van der Waals surface area contributed by atoms with Crippen molar-refractivity contribution in [3.05, 3.63) is 0 Å². The van der Waals surface area contributed by atoms with Crippen LogP contribution in [0.3, 0.4) is 0 Å². The van der Waals surface area contributed by atoms with Gasteiger partial charge in [-0.1, -0.05) is 67.2 Å². The summed E-state index contributed by atoms with van der Waals surface area (Å²) in [6.07, 6.45) is 10.3. The molecular formula is C24H44O4. The van der Waals surface area contributed by atoms with Gasteiger partial charge in [0.25, 0.3) is 0 Å². The van der Waals surface area contributed by atoms with E-state index in [1.165, 1.54) is 38.5 Å². The minimum atomic E-state index is -0.633. The third kappa shape index (κ3) is 8.53. The molecule has 4 nitrogen and oxygen atoms in total. The molecule has 0 spiro atoms. The number of carboxylic acid groups (broad SMARTS) is 2. The Bertz CT molecular complexity index is 452. The van der Waals surface area contributed by atoms with Crippen LogP contribution >= 0.6 is 0 Å². The average Bonchev–Trinajstić information content (AvgIpc) is 2.53. The average molecular weight is 397 g/mol. The highest BCUT2D eigenvalue weighted by Crippen LogP contribution is 2.44. The zero-order chi connectivity index (χ0) is 21.5. The second kappa shape index (κ2) is 10.6. The van der Waals surface area contributed by atoms with Gasteiger partial charge in [0.1, 0.15) is 0 Å². The van der Waals surface area contributed by atoms with Gasteiger partial charge >= 0.3 is 11.9 Å². The number of hydrogen-bond donors (Lipinski definition) is 2. The lowest BCUT2D eigenvalue weighted by molar-refractivity contribution is -0.140. The van der Waals surface area contributed by atoms with Gasteiger partial charge in [0.15, 0.2) is 0 Å². The van der Waals surface area contributed by atoms with E-state index >= 15 is 0 Å². The van der Waals surface area contributed by atoms with Crippen molar-refractivity contribution in [3.63, 3.8) is 0 Å². The van der Waals surface area contributed by atoms with Crippen LogP contribution in [0.25, 0.3) is 0 Å². The molecule has 164 valence electrons. The molecule has 0 aromatic carbocycles. The number of aliphatic carboxylic acids is 2. The first kappa shape index (κ1) is 25.0. The van der Waals surface area contributed by atoms with E-state index < -0.39 is 11.9 Å². The van der Waals surface area contributed by atoms with E-state index in [4.69, 9.17) is 10.2 Å². The van der Waals surface area contributed by atoms with Gasteiger partial charge in [0.2, 0.25) is 0 Å². The predicted octanol–water partition coefficient (Wildman–Crippen LogP) is 6.63. The standard InChI is InChI=1S/2C12H22O2/c2*1-12(2,3)10-7-5-4-6-9(10)8-11(13)14/h2*9-10H,4-8H2,1-3H3,(H,13,14). The Morgan fingerprint density at radius 2 is 0.929 bits per heavy atom. The van der Waals surface area contributed by atoms with Crippen molar-refractivity contribution in [2.24, 2.45) is 34.5 Å². The highest BCUT2D eigenvalue weighted by Gasteiger charge is 2.35. The van der Waals surface area contributed by atoms with Gasteiger partial charge in [-0.2, -0.15) is 0 Å². The first-order valence-electron chi connectivity index (χ1n) is 11.3. The Labute approximate surface area is 172 Å². The molecule has 0 heterocycles. The first-order valence-corrected chi connectivity index (χ1v) is 11.3. The maximum absolute atomic E-state index is 10.7. The van der Waals surface area contributed by atoms with Gasteiger partial charge in [-0.15, -0.1) is 0 Å². The van der Waals surface area contributed by atoms with Crippen molar-refractivity contribution in [2.75, 3.05) is 0 Å². The molecule has 0 bridgehead atoms. The van der Waals surface area contributed by atoms with E-state index in [1.54, 1.807) is 0 Å². The first-order chi connectivity index (χ1) is 12.8. The third-order valence-corrected chi connectivity index (χ3v) is 6.92. The molecule has 4 heteroatoms. The zero-order valence-electron chi connectivity index (χ0n) is 19.1.